The van der Waals surface area contributed by atoms with Crippen LogP contribution in [0.25, 0.3) is 0 Å². The SMILES string of the molecule is CC(C)(C)[C@H](NC(=O)N[C@H](CN1C(=O)c2ccccc2C1=O)C(C)(C)C)C(=O)N1C[C@@H]2CCCC[C@@H]2[C@H]1C(=O)NC(CC1CCC1)C(=O)C(N)=O. The topological polar surface area (TPSA) is 188 Å². The molecule has 7 amide bonds. The first-order valence-electron chi connectivity index (χ1n) is 18.3. The van der Waals surface area contributed by atoms with Crippen LogP contribution in [-0.2, 0) is 19.2 Å². The number of likely N-dealkylation sites (tertiary alicyclic amines) is 1. The van der Waals surface area contributed by atoms with Gasteiger partial charge in [0.05, 0.1) is 29.8 Å². The van der Waals surface area contributed by atoms with Crippen LogP contribution in [0.2, 0.25) is 0 Å². The van der Waals surface area contributed by atoms with Crippen LogP contribution in [0.5, 0.6) is 0 Å². The number of primary amides is 1. The monoisotopic (exact) mass is 706 g/mol. The zero-order valence-electron chi connectivity index (χ0n) is 30.8. The van der Waals surface area contributed by atoms with E-state index in [1.807, 2.05) is 41.5 Å². The number of imide groups is 1. The number of ketones is 1. The Kier molecular flexibility index (Phi) is 11.0. The maximum atomic E-state index is 14.6. The summed E-state index contributed by atoms with van der Waals surface area (Å²) >= 11 is 0. The molecule has 0 bridgehead atoms. The molecule has 278 valence electrons. The first-order valence-corrected chi connectivity index (χ1v) is 18.3. The van der Waals surface area contributed by atoms with E-state index >= 15 is 0 Å². The molecule has 6 atom stereocenters. The second-order valence-corrected chi connectivity index (χ2v) is 17.1. The molecule has 3 fully saturated rings. The third-order valence-corrected chi connectivity index (χ3v) is 11.3. The Hall–Kier alpha value is -4.29. The zero-order valence-corrected chi connectivity index (χ0v) is 30.8. The average Bonchev–Trinajstić information content (AvgIpc) is 3.54. The minimum atomic E-state index is -1.10. The lowest BCUT2D eigenvalue weighted by Crippen LogP contribution is -2.62. The number of benzene rings is 1. The molecule has 51 heavy (non-hydrogen) atoms. The molecular formula is C38H54N6O7. The number of nitrogens with one attached hydrogen (secondary N) is 3. The number of hydrogen-bond acceptors (Lipinski definition) is 7. The van der Waals surface area contributed by atoms with Crippen molar-refractivity contribution in [2.45, 2.75) is 117 Å². The predicted molar refractivity (Wildman–Crippen MR) is 189 cm³/mol. The van der Waals surface area contributed by atoms with E-state index in [4.69, 9.17) is 5.73 Å². The number of amides is 7. The van der Waals surface area contributed by atoms with E-state index in [2.05, 4.69) is 16.0 Å². The smallest absolute Gasteiger partial charge is 0.315 e. The number of carbonyl (C=O) groups is 7. The number of nitrogens with two attached hydrogens (primary N) is 1. The van der Waals surface area contributed by atoms with Gasteiger partial charge < -0.3 is 26.6 Å². The van der Waals surface area contributed by atoms with Gasteiger partial charge in [0, 0.05) is 6.54 Å². The lowest BCUT2D eigenvalue weighted by molar-refractivity contribution is -0.144. The van der Waals surface area contributed by atoms with E-state index in [1.165, 1.54) is 0 Å². The lowest BCUT2D eigenvalue weighted by atomic mass is 9.77. The van der Waals surface area contributed by atoms with Crippen LogP contribution in [0.15, 0.2) is 24.3 Å². The first-order chi connectivity index (χ1) is 23.9. The minimum Gasteiger partial charge on any atom is -0.363 e. The van der Waals surface area contributed by atoms with Crippen LogP contribution < -0.4 is 21.7 Å². The summed E-state index contributed by atoms with van der Waals surface area (Å²) in [4.78, 5) is 96.2. The lowest BCUT2D eigenvalue weighted by Gasteiger charge is -2.38. The predicted octanol–water partition coefficient (Wildman–Crippen LogP) is 3.16. The van der Waals surface area contributed by atoms with Gasteiger partial charge in [-0.1, -0.05) is 85.8 Å². The van der Waals surface area contributed by atoms with Crippen LogP contribution >= 0.6 is 0 Å². The molecule has 1 saturated heterocycles. The molecule has 2 aliphatic carbocycles. The molecule has 0 spiro atoms. The molecule has 0 radical (unpaired) electrons. The Balaban J connectivity index is 1.34. The maximum Gasteiger partial charge on any atom is 0.315 e. The summed E-state index contributed by atoms with van der Waals surface area (Å²) in [5, 5.41) is 8.64. The van der Waals surface area contributed by atoms with Gasteiger partial charge in [-0.25, -0.2) is 4.79 Å². The van der Waals surface area contributed by atoms with Crippen molar-refractivity contribution in [1.82, 2.24) is 25.8 Å². The summed E-state index contributed by atoms with van der Waals surface area (Å²) in [6, 6.07) is 2.30. The average molecular weight is 707 g/mol. The summed E-state index contributed by atoms with van der Waals surface area (Å²) in [5.41, 5.74) is 4.64. The van der Waals surface area contributed by atoms with E-state index < -0.39 is 76.3 Å². The molecule has 13 heteroatoms. The Bertz CT molecular complexity index is 1540. The van der Waals surface area contributed by atoms with Crippen LogP contribution in [0.1, 0.15) is 114 Å². The highest BCUT2D eigenvalue weighted by Crippen LogP contribution is 2.42. The van der Waals surface area contributed by atoms with Crippen LogP contribution in [0.4, 0.5) is 4.79 Å². The van der Waals surface area contributed by atoms with Crippen molar-refractivity contribution in [2.75, 3.05) is 13.1 Å². The summed E-state index contributed by atoms with van der Waals surface area (Å²) in [5.74, 6) is -3.54. The minimum absolute atomic E-state index is 0.0683. The Morgan fingerprint density at radius 1 is 0.824 bits per heavy atom. The fourth-order valence-corrected chi connectivity index (χ4v) is 8.03. The third-order valence-electron chi connectivity index (χ3n) is 11.3. The number of nitrogens with zero attached hydrogens (tertiary/aromatic N) is 2. The Morgan fingerprint density at radius 2 is 1.43 bits per heavy atom. The molecule has 1 aromatic carbocycles. The summed E-state index contributed by atoms with van der Waals surface area (Å²) in [6.07, 6.45) is 6.64. The molecule has 1 aromatic rings. The van der Waals surface area contributed by atoms with Gasteiger partial charge in [0.25, 0.3) is 17.7 Å². The fourth-order valence-electron chi connectivity index (χ4n) is 8.03. The van der Waals surface area contributed by atoms with Crippen molar-refractivity contribution in [1.29, 1.82) is 0 Å². The van der Waals surface area contributed by atoms with Crippen molar-refractivity contribution >= 4 is 41.4 Å². The second-order valence-electron chi connectivity index (χ2n) is 17.1. The molecule has 4 aliphatic rings. The number of hydrogen-bond donors (Lipinski definition) is 4. The van der Waals surface area contributed by atoms with Crippen molar-refractivity contribution in [3.63, 3.8) is 0 Å². The Morgan fingerprint density at radius 3 is 1.96 bits per heavy atom. The van der Waals surface area contributed by atoms with Crippen molar-refractivity contribution < 1.29 is 33.6 Å². The van der Waals surface area contributed by atoms with Gasteiger partial charge in [0.15, 0.2) is 0 Å². The van der Waals surface area contributed by atoms with E-state index in [9.17, 15) is 33.6 Å². The second kappa shape index (κ2) is 14.7. The standard InChI is InChI=1S/C38H54N6O7/c1-37(2,3)27(20-44-33(48)24-16-9-10-17-25(24)34(44)49)41-36(51)42-30(38(4,5)6)35(50)43-19-22-14-7-8-15-23(22)28(43)32(47)40-26(29(45)31(39)46)18-21-12-11-13-21/h9-10,16-17,21-23,26-28,30H,7-8,11-15,18-20H2,1-6H3,(H2,39,46)(H,40,47)(H2,41,42,51)/t22-,23-,26?,27+,28-,30+/m0/s1. The van der Waals surface area contributed by atoms with Crippen molar-refractivity contribution in [3.8, 4) is 0 Å². The Labute approximate surface area is 300 Å². The highest BCUT2D eigenvalue weighted by molar-refractivity contribution is 6.37. The van der Waals surface area contributed by atoms with Crippen LogP contribution in [0.3, 0.4) is 0 Å². The fraction of sp³-hybridized carbons (Fsp3) is 0.658. The molecule has 0 aromatic heterocycles. The van der Waals surface area contributed by atoms with Gasteiger partial charge in [0.1, 0.15) is 12.1 Å². The number of Topliss-reactive ketones (excluding diaryl/α,β-unsaturated/α-hetero) is 1. The normalized spacial score (nSPS) is 23.8. The summed E-state index contributed by atoms with van der Waals surface area (Å²) < 4.78 is 0. The number of fused-ring (bicyclic) bond motifs is 2. The molecule has 5 rings (SSSR count). The molecular weight excluding hydrogens is 652 g/mol. The van der Waals surface area contributed by atoms with Gasteiger partial charge in [-0.15, -0.1) is 0 Å². The highest BCUT2D eigenvalue weighted by Gasteiger charge is 2.51. The summed E-state index contributed by atoms with van der Waals surface area (Å²) in [6.45, 7) is 11.4. The van der Waals surface area contributed by atoms with Gasteiger partial charge in [0.2, 0.25) is 17.6 Å². The molecule has 2 aliphatic heterocycles. The van der Waals surface area contributed by atoms with E-state index in [0.717, 1.165) is 49.8 Å². The number of carbonyl (C=O) groups excluding carboxylic acids is 7. The van der Waals surface area contributed by atoms with Crippen LogP contribution in [-0.4, -0.2) is 88.4 Å². The molecule has 2 saturated carbocycles. The highest BCUT2D eigenvalue weighted by atomic mass is 16.2. The third kappa shape index (κ3) is 8.12. The number of rotatable bonds is 11. The van der Waals surface area contributed by atoms with E-state index in [0.29, 0.717) is 24.1 Å². The first kappa shape index (κ1) is 38.0. The van der Waals surface area contributed by atoms with Crippen LogP contribution in [0, 0.1) is 28.6 Å². The molecule has 2 heterocycles. The maximum absolute atomic E-state index is 14.6. The van der Waals surface area contributed by atoms with Crippen molar-refractivity contribution in [2.24, 2.45) is 34.3 Å². The van der Waals surface area contributed by atoms with Gasteiger partial charge >= 0.3 is 6.03 Å². The largest absolute Gasteiger partial charge is 0.363 e. The molecule has 5 N–H and O–H groups in total. The summed E-state index contributed by atoms with van der Waals surface area (Å²) in [7, 11) is 0. The number of urea groups is 1. The molecule has 13 nitrogen and oxygen atoms in total. The van der Waals surface area contributed by atoms with E-state index in [-0.39, 0.29) is 24.3 Å². The molecule has 1 unspecified atom stereocenters. The van der Waals surface area contributed by atoms with Gasteiger partial charge in [-0.3, -0.25) is 33.7 Å². The van der Waals surface area contributed by atoms with Gasteiger partial charge in [-0.05, 0) is 60.0 Å². The van der Waals surface area contributed by atoms with Crippen molar-refractivity contribution in [3.05, 3.63) is 35.4 Å². The van der Waals surface area contributed by atoms with Gasteiger partial charge in [-0.2, -0.15) is 0 Å². The zero-order chi connectivity index (χ0) is 37.4. The van der Waals surface area contributed by atoms with E-state index in [1.54, 1.807) is 29.2 Å². The quantitative estimate of drug-likeness (QED) is 0.201.